The number of amides is 2. The topological polar surface area (TPSA) is 61.9 Å². The van der Waals surface area contributed by atoms with Crippen LogP contribution in [0.3, 0.4) is 0 Å². The number of benzene rings is 1. The highest BCUT2D eigenvalue weighted by Crippen LogP contribution is 2.35. The molecular weight excluding hydrogens is 426 g/mol. The molecule has 0 aliphatic carbocycles. The number of rotatable bonds is 7. The molecule has 0 unspecified atom stereocenters. The zero-order valence-corrected chi connectivity index (χ0v) is 20.5. The van der Waals surface area contributed by atoms with E-state index >= 15 is 0 Å². The standard InChI is InChI=1S/C25H37N3O3.ClH/c1-4-5-11-28-23(29)21(15-18(2)3)26-24(30)25(28)9-12-27(13-10-25)17-19-6-7-22-20(16-19)8-14-31-22;/h6-7,16,18,21H,4-5,8-15,17H2,1-3H3,(H,26,30);1H/t21-;/m0./s1. The number of hydrogen-bond acceptors (Lipinski definition) is 4. The summed E-state index contributed by atoms with van der Waals surface area (Å²) in [6, 6.07) is 6.11. The summed E-state index contributed by atoms with van der Waals surface area (Å²) in [4.78, 5) is 31.1. The van der Waals surface area contributed by atoms with Crippen molar-refractivity contribution in [2.75, 3.05) is 26.2 Å². The van der Waals surface area contributed by atoms with Crippen molar-refractivity contribution >= 4 is 24.2 Å². The van der Waals surface area contributed by atoms with Crippen molar-refractivity contribution in [3.63, 3.8) is 0 Å². The molecule has 3 aliphatic heterocycles. The minimum Gasteiger partial charge on any atom is -0.493 e. The third-order valence-corrected chi connectivity index (χ3v) is 7.09. The number of hydrogen-bond donors (Lipinski definition) is 1. The van der Waals surface area contributed by atoms with Crippen molar-refractivity contribution in [2.45, 2.75) is 77.4 Å². The molecule has 1 aromatic carbocycles. The van der Waals surface area contributed by atoms with Crippen LogP contribution in [0.15, 0.2) is 18.2 Å². The Kier molecular flexibility index (Phi) is 8.10. The Bertz CT molecular complexity index is 821. The summed E-state index contributed by atoms with van der Waals surface area (Å²) in [5, 5.41) is 3.09. The first-order valence-electron chi connectivity index (χ1n) is 12.0. The second kappa shape index (κ2) is 10.4. The number of carbonyl (C=O) groups is 2. The van der Waals surface area contributed by atoms with Gasteiger partial charge in [-0.3, -0.25) is 14.5 Å². The number of fused-ring (bicyclic) bond motifs is 1. The lowest BCUT2D eigenvalue weighted by Crippen LogP contribution is -2.73. The van der Waals surface area contributed by atoms with Crippen molar-refractivity contribution < 1.29 is 14.3 Å². The molecule has 1 atom stereocenters. The fraction of sp³-hybridized carbons (Fsp3) is 0.680. The molecule has 32 heavy (non-hydrogen) atoms. The molecule has 2 amide bonds. The van der Waals surface area contributed by atoms with Crippen LogP contribution in [-0.4, -0.2) is 59.4 Å². The van der Waals surface area contributed by atoms with E-state index in [1.54, 1.807) is 0 Å². The van der Waals surface area contributed by atoms with E-state index in [4.69, 9.17) is 4.74 Å². The van der Waals surface area contributed by atoms with Gasteiger partial charge in [0, 0.05) is 32.6 Å². The van der Waals surface area contributed by atoms with Crippen LogP contribution >= 0.6 is 12.4 Å². The van der Waals surface area contributed by atoms with Gasteiger partial charge in [-0.15, -0.1) is 12.4 Å². The van der Waals surface area contributed by atoms with Crippen LogP contribution in [0.5, 0.6) is 5.75 Å². The molecule has 0 radical (unpaired) electrons. The van der Waals surface area contributed by atoms with Crippen LogP contribution in [0.2, 0.25) is 0 Å². The average molecular weight is 464 g/mol. The number of piperazine rings is 1. The van der Waals surface area contributed by atoms with Crippen LogP contribution in [-0.2, 0) is 22.6 Å². The monoisotopic (exact) mass is 463 g/mol. The predicted octanol–water partition coefficient (Wildman–Crippen LogP) is 3.55. The maximum atomic E-state index is 13.4. The Morgan fingerprint density at radius 1 is 1.22 bits per heavy atom. The second-order valence-corrected chi connectivity index (χ2v) is 9.85. The number of piperidine rings is 1. The minimum atomic E-state index is -0.679. The van der Waals surface area contributed by atoms with E-state index in [1.807, 2.05) is 4.90 Å². The number of likely N-dealkylation sites (tertiary alicyclic amines) is 1. The smallest absolute Gasteiger partial charge is 0.246 e. The van der Waals surface area contributed by atoms with E-state index in [-0.39, 0.29) is 30.3 Å². The van der Waals surface area contributed by atoms with Gasteiger partial charge in [0.15, 0.2) is 0 Å². The Hall–Kier alpha value is -1.79. The lowest BCUT2D eigenvalue weighted by Gasteiger charge is -2.52. The van der Waals surface area contributed by atoms with Gasteiger partial charge >= 0.3 is 0 Å². The fourth-order valence-corrected chi connectivity index (χ4v) is 5.32. The summed E-state index contributed by atoms with van der Waals surface area (Å²) >= 11 is 0. The molecule has 3 aliphatic rings. The Morgan fingerprint density at radius 2 is 1.97 bits per heavy atom. The van der Waals surface area contributed by atoms with Crippen molar-refractivity contribution in [3.05, 3.63) is 29.3 Å². The van der Waals surface area contributed by atoms with E-state index in [0.29, 0.717) is 31.7 Å². The third kappa shape index (κ3) is 4.91. The Balaban J connectivity index is 0.00000289. The largest absolute Gasteiger partial charge is 0.493 e. The Labute approximate surface area is 198 Å². The molecule has 2 fully saturated rings. The predicted molar refractivity (Wildman–Crippen MR) is 128 cm³/mol. The fourth-order valence-electron chi connectivity index (χ4n) is 5.32. The zero-order valence-electron chi connectivity index (χ0n) is 19.7. The molecular formula is C25H38ClN3O3. The van der Waals surface area contributed by atoms with Crippen molar-refractivity contribution in [3.8, 4) is 5.75 Å². The lowest BCUT2D eigenvalue weighted by atomic mass is 9.80. The van der Waals surface area contributed by atoms with Crippen LogP contribution in [0, 0.1) is 5.92 Å². The first kappa shape index (κ1) is 24.8. The quantitative estimate of drug-likeness (QED) is 0.671. The van der Waals surface area contributed by atoms with Gasteiger partial charge in [0.25, 0.3) is 0 Å². The summed E-state index contributed by atoms with van der Waals surface area (Å²) < 4.78 is 5.62. The molecule has 6 nitrogen and oxygen atoms in total. The minimum absolute atomic E-state index is 0. The van der Waals surface area contributed by atoms with Gasteiger partial charge in [0.05, 0.1) is 6.61 Å². The van der Waals surface area contributed by atoms with Crippen molar-refractivity contribution in [1.82, 2.24) is 15.1 Å². The number of carbonyl (C=O) groups excluding carboxylic acids is 2. The molecule has 7 heteroatoms. The van der Waals surface area contributed by atoms with Gasteiger partial charge in [-0.25, -0.2) is 0 Å². The number of ether oxygens (including phenoxy) is 1. The second-order valence-electron chi connectivity index (χ2n) is 9.85. The van der Waals surface area contributed by atoms with Gasteiger partial charge in [0.2, 0.25) is 11.8 Å². The van der Waals surface area contributed by atoms with E-state index < -0.39 is 5.54 Å². The molecule has 0 saturated carbocycles. The van der Waals surface area contributed by atoms with Crippen LogP contribution in [0.1, 0.15) is 64.0 Å². The van der Waals surface area contributed by atoms with Gasteiger partial charge in [-0.05, 0) is 48.8 Å². The van der Waals surface area contributed by atoms with E-state index in [1.165, 1.54) is 11.1 Å². The highest BCUT2D eigenvalue weighted by atomic mass is 35.5. The maximum absolute atomic E-state index is 13.4. The summed E-state index contributed by atoms with van der Waals surface area (Å²) in [7, 11) is 0. The summed E-state index contributed by atoms with van der Waals surface area (Å²) in [6.07, 6.45) is 5.06. The Morgan fingerprint density at radius 3 is 2.66 bits per heavy atom. The van der Waals surface area contributed by atoms with E-state index in [2.05, 4.69) is 49.2 Å². The van der Waals surface area contributed by atoms with Gasteiger partial charge in [-0.2, -0.15) is 0 Å². The molecule has 1 aromatic rings. The molecule has 0 bridgehead atoms. The van der Waals surface area contributed by atoms with E-state index in [9.17, 15) is 9.59 Å². The normalized spacial score (nSPS) is 22.5. The first-order chi connectivity index (χ1) is 14.9. The molecule has 178 valence electrons. The third-order valence-electron chi connectivity index (χ3n) is 7.09. The molecule has 1 N–H and O–H groups in total. The van der Waals surface area contributed by atoms with Gasteiger partial charge in [-0.1, -0.05) is 39.3 Å². The average Bonchev–Trinajstić information content (AvgIpc) is 3.21. The molecule has 0 aromatic heterocycles. The van der Waals surface area contributed by atoms with Crippen LogP contribution < -0.4 is 10.1 Å². The van der Waals surface area contributed by atoms with Crippen LogP contribution in [0.25, 0.3) is 0 Å². The summed E-state index contributed by atoms with van der Waals surface area (Å²) in [5.41, 5.74) is 1.91. The van der Waals surface area contributed by atoms with Gasteiger partial charge < -0.3 is 15.0 Å². The highest BCUT2D eigenvalue weighted by molar-refractivity contribution is 6.00. The van der Waals surface area contributed by atoms with E-state index in [0.717, 1.165) is 51.3 Å². The number of unbranched alkanes of at least 4 members (excludes halogenated alkanes) is 1. The van der Waals surface area contributed by atoms with Gasteiger partial charge in [0.1, 0.15) is 17.3 Å². The molecule has 4 rings (SSSR count). The molecule has 2 saturated heterocycles. The van der Waals surface area contributed by atoms with Crippen molar-refractivity contribution in [1.29, 1.82) is 0 Å². The van der Waals surface area contributed by atoms with Crippen molar-refractivity contribution in [2.24, 2.45) is 5.92 Å². The van der Waals surface area contributed by atoms with Crippen LogP contribution in [0.4, 0.5) is 0 Å². The number of nitrogens with zero attached hydrogens (tertiary/aromatic N) is 2. The molecule has 3 heterocycles. The lowest BCUT2D eigenvalue weighted by molar-refractivity contribution is -0.161. The zero-order chi connectivity index (χ0) is 22.0. The number of nitrogens with one attached hydrogen (secondary N) is 1. The highest BCUT2D eigenvalue weighted by Gasteiger charge is 2.53. The summed E-state index contributed by atoms with van der Waals surface area (Å²) in [5.74, 6) is 1.56. The first-order valence-corrected chi connectivity index (χ1v) is 12.0. The SMILES string of the molecule is CCCCN1C(=O)[C@H](CC(C)C)NC(=O)C12CCN(Cc1ccc3c(c1)CCO3)CC2.Cl. The number of halogens is 1. The summed E-state index contributed by atoms with van der Waals surface area (Å²) in [6.45, 7) is 10.3. The maximum Gasteiger partial charge on any atom is 0.246 e. The molecule has 1 spiro atoms.